The maximum atomic E-state index is 12.4. The van der Waals surface area contributed by atoms with Gasteiger partial charge in [-0.15, -0.1) is 6.58 Å². The summed E-state index contributed by atoms with van der Waals surface area (Å²) in [4.78, 5) is 12.4. The molecule has 0 saturated heterocycles. The smallest absolute Gasteiger partial charge is 0.162 e. The van der Waals surface area contributed by atoms with Gasteiger partial charge in [0.2, 0.25) is 0 Å². The molecule has 1 aliphatic rings. The second-order valence-corrected chi connectivity index (χ2v) is 4.91. The number of carbonyl (C=O) groups is 1. The van der Waals surface area contributed by atoms with E-state index in [1.165, 1.54) is 0 Å². The largest absolute Gasteiger partial charge is 0.294 e. The number of benzene rings is 1. The van der Waals surface area contributed by atoms with E-state index in [2.05, 4.69) is 12.7 Å². The molecule has 0 amide bonds. The van der Waals surface area contributed by atoms with Crippen molar-refractivity contribution in [2.45, 2.75) is 32.1 Å². The number of Topliss-reactive ketones (excluding diaryl/α,β-unsaturated/α-hetero) is 1. The van der Waals surface area contributed by atoms with E-state index in [-0.39, 0.29) is 5.92 Å². The summed E-state index contributed by atoms with van der Waals surface area (Å²) in [7, 11) is 0. The van der Waals surface area contributed by atoms with Gasteiger partial charge in [0.25, 0.3) is 0 Å². The van der Waals surface area contributed by atoms with Gasteiger partial charge in [-0.3, -0.25) is 4.79 Å². The fourth-order valence-electron chi connectivity index (χ4n) is 2.54. The third kappa shape index (κ3) is 3.19. The van der Waals surface area contributed by atoms with Crippen LogP contribution < -0.4 is 0 Å². The standard InChI is InChI=1S/C17H20O/c1-2-8-15-11-6-7-12-16(17(15)18)13-14-9-4-3-5-10-14/h2-5,9-10,13,15H,1,6-8,11-12H2/b16-13+. The van der Waals surface area contributed by atoms with Gasteiger partial charge in [-0.2, -0.15) is 0 Å². The Morgan fingerprint density at radius 2 is 2.00 bits per heavy atom. The highest BCUT2D eigenvalue weighted by Crippen LogP contribution is 2.27. The van der Waals surface area contributed by atoms with Gasteiger partial charge in [0.05, 0.1) is 0 Å². The summed E-state index contributed by atoms with van der Waals surface area (Å²) in [6.45, 7) is 3.76. The highest BCUT2D eigenvalue weighted by atomic mass is 16.1. The lowest BCUT2D eigenvalue weighted by molar-refractivity contribution is -0.119. The van der Waals surface area contributed by atoms with Crippen LogP contribution in [0.15, 0.2) is 48.6 Å². The van der Waals surface area contributed by atoms with Crippen molar-refractivity contribution in [1.82, 2.24) is 0 Å². The Balaban J connectivity index is 2.22. The summed E-state index contributed by atoms with van der Waals surface area (Å²) < 4.78 is 0. The van der Waals surface area contributed by atoms with E-state index in [1.54, 1.807) is 0 Å². The Morgan fingerprint density at radius 3 is 2.72 bits per heavy atom. The van der Waals surface area contributed by atoms with Gasteiger partial charge >= 0.3 is 0 Å². The van der Waals surface area contributed by atoms with Gasteiger partial charge in [0.1, 0.15) is 0 Å². The average molecular weight is 240 g/mol. The quantitative estimate of drug-likeness (QED) is 0.434. The van der Waals surface area contributed by atoms with Gasteiger partial charge in [-0.1, -0.05) is 42.8 Å². The highest BCUT2D eigenvalue weighted by Gasteiger charge is 2.23. The van der Waals surface area contributed by atoms with E-state index in [0.717, 1.165) is 43.2 Å². The zero-order chi connectivity index (χ0) is 12.8. The molecule has 1 fully saturated rings. The van der Waals surface area contributed by atoms with Crippen molar-refractivity contribution < 1.29 is 4.79 Å². The zero-order valence-electron chi connectivity index (χ0n) is 10.8. The minimum atomic E-state index is 0.153. The Bertz CT molecular complexity index is 442. The molecular weight excluding hydrogens is 220 g/mol. The molecular formula is C17H20O. The van der Waals surface area contributed by atoms with Crippen LogP contribution in [-0.4, -0.2) is 5.78 Å². The van der Waals surface area contributed by atoms with Crippen LogP contribution in [0.2, 0.25) is 0 Å². The molecule has 0 N–H and O–H groups in total. The average Bonchev–Trinajstić information content (AvgIpc) is 2.56. The van der Waals surface area contributed by atoms with Crippen LogP contribution in [0.25, 0.3) is 6.08 Å². The number of rotatable bonds is 3. The van der Waals surface area contributed by atoms with Crippen LogP contribution in [0, 0.1) is 5.92 Å². The Morgan fingerprint density at radius 1 is 1.22 bits per heavy atom. The van der Waals surface area contributed by atoms with Crippen LogP contribution in [-0.2, 0) is 4.79 Å². The Kier molecular flexibility index (Phi) is 4.52. The number of allylic oxidation sites excluding steroid dienone is 2. The first-order valence-corrected chi connectivity index (χ1v) is 6.72. The molecule has 0 bridgehead atoms. The summed E-state index contributed by atoms with van der Waals surface area (Å²) in [5.41, 5.74) is 2.12. The van der Waals surface area contributed by atoms with E-state index < -0.39 is 0 Å². The molecule has 1 aliphatic carbocycles. The summed E-state index contributed by atoms with van der Waals surface area (Å²) in [5, 5.41) is 0. The number of ketones is 1. The van der Waals surface area contributed by atoms with Crippen molar-refractivity contribution in [3.63, 3.8) is 0 Å². The van der Waals surface area contributed by atoms with Gasteiger partial charge in [0.15, 0.2) is 5.78 Å². The molecule has 0 radical (unpaired) electrons. The number of hydrogen-bond donors (Lipinski definition) is 0. The summed E-state index contributed by atoms with van der Waals surface area (Å²) in [6.07, 6.45) is 8.94. The normalized spacial score (nSPS) is 22.8. The lowest BCUT2D eigenvalue weighted by atomic mass is 9.92. The van der Waals surface area contributed by atoms with Crippen molar-refractivity contribution >= 4 is 11.9 Å². The van der Waals surface area contributed by atoms with Gasteiger partial charge in [0, 0.05) is 5.92 Å². The molecule has 1 unspecified atom stereocenters. The second kappa shape index (κ2) is 6.34. The molecule has 94 valence electrons. The lowest BCUT2D eigenvalue weighted by Gasteiger charge is -2.11. The molecule has 1 heteroatoms. The van der Waals surface area contributed by atoms with E-state index >= 15 is 0 Å². The first kappa shape index (κ1) is 12.8. The van der Waals surface area contributed by atoms with Crippen molar-refractivity contribution in [3.05, 3.63) is 54.1 Å². The van der Waals surface area contributed by atoms with Crippen LogP contribution in [0.1, 0.15) is 37.7 Å². The highest BCUT2D eigenvalue weighted by molar-refractivity contribution is 6.01. The molecule has 0 aliphatic heterocycles. The molecule has 1 aromatic rings. The topological polar surface area (TPSA) is 17.1 Å². The van der Waals surface area contributed by atoms with Crippen molar-refractivity contribution in [2.75, 3.05) is 0 Å². The Labute approximate surface area is 109 Å². The van der Waals surface area contributed by atoms with Gasteiger partial charge in [-0.05, 0) is 42.9 Å². The summed E-state index contributed by atoms with van der Waals surface area (Å²) >= 11 is 0. The molecule has 0 aromatic heterocycles. The van der Waals surface area contributed by atoms with Gasteiger partial charge in [-0.25, -0.2) is 0 Å². The van der Waals surface area contributed by atoms with Crippen LogP contribution in [0.5, 0.6) is 0 Å². The number of carbonyl (C=O) groups excluding carboxylic acids is 1. The van der Waals surface area contributed by atoms with Crippen LogP contribution in [0.3, 0.4) is 0 Å². The maximum absolute atomic E-state index is 12.4. The van der Waals surface area contributed by atoms with Crippen molar-refractivity contribution in [2.24, 2.45) is 5.92 Å². The summed E-state index contributed by atoms with van der Waals surface area (Å²) in [5.74, 6) is 0.483. The van der Waals surface area contributed by atoms with Crippen molar-refractivity contribution in [3.8, 4) is 0 Å². The molecule has 0 spiro atoms. The predicted molar refractivity (Wildman–Crippen MR) is 76.2 cm³/mol. The van der Waals surface area contributed by atoms with Crippen molar-refractivity contribution in [1.29, 1.82) is 0 Å². The third-order valence-corrected chi connectivity index (χ3v) is 3.53. The molecule has 1 aromatic carbocycles. The molecule has 0 heterocycles. The van der Waals surface area contributed by atoms with E-state index in [1.807, 2.05) is 36.4 Å². The molecule has 1 atom stereocenters. The minimum absolute atomic E-state index is 0.153. The monoisotopic (exact) mass is 240 g/mol. The first-order valence-electron chi connectivity index (χ1n) is 6.72. The Hall–Kier alpha value is -1.63. The second-order valence-electron chi connectivity index (χ2n) is 4.91. The summed E-state index contributed by atoms with van der Waals surface area (Å²) in [6, 6.07) is 10.1. The number of hydrogen-bond acceptors (Lipinski definition) is 1. The third-order valence-electron chi connectivity index (χ3n) is 3.53. The van der Waals surface area contributed by atoms with Gasteiger partial charge < -0.3 is 0 Å². The zero-order valence-corrected chi connectivity index (χ0v) is 10.8. The van der Waals surface area contributed by atoms with Crippen LogP contribution >= 0.6 is 0 Å². The molecule has 18 heavy (non-hydrogen) atoms. The lowest BCUT2D eigenvalue weighted by Crippen LogP contribution is -2.13. The first-order chi connectivity index (χ1) is 8.81. The maximum Gasteiger partial charge on any atom is 0.162 e. The molecule has 2 rings (SSSR count). The predicted octanol–water partition coefficient (Wildman–Crippen LogP) is 4.41. The molecule has 1 nitrogen and oxygen atoms in total. The van der Waals surface area contributed by atoms with E-state index in [0.29, 0.717) is 5.78 Å². The fourth-order valence-corrected chi connectivity index (χ4v) is 2.54. The van der Waals surface area contributed by atoms with Crippen LogP contribution in [0.4, 0.5) is 0 Å². The fraction of sp³-hybridized carbons (Fsp3) is 0.353. The van der Waals surface area contributed by atoms with E-state index in [4.69, 9.17) is 0 Å². The van der Waals surface area contributed by atoms with E-state index in [9.17, 15) is 4.79 Å². The minimum Gasteiger partial charge on any atom is -0.294 e. The molecule has 1 saturated carbocycles. The SMILES string of the molecule is C=CCC1CCCC/C(=C\c2ccccc2)C1=O.